The van der Waals surface area contributed by atoms with Gasteiger partial charge in [-0.25, -0.2) is 0 Å². The van der Waals surface area contributed by atoms with Crippen molar-refractivity contribution < 1.29 is 14.3 Å². The Kier molecular flexibility index (Phi) is 7.31. The van der Waals surface area contributed by atoms with E-state index in [1.807, 2.05) is 30.3 Å². The predicted octanol–water partition coefficient (Wildman–Crippen LogP) is 3.39. The third-order valence-electron chi connectivity index (χ3n) is 4.07. The quantitative estimate of drug-likeness (QED) is 0.516. The summed E-state index contributed by atoms with van der Waals surface area (Å²) in [5.41, 5.74) is 1.21. The van der Waals surface area contributed by atoms with Crippen LogP contribution in [0.2, 0.25) is 5.02 Å². The number of amides is 2. The number of rotatable bonds is 8. The molecule has 10 heteroatoms. The number of thioether (sulfide) groups is 1. The monoisotopic (exact) mass is 445 g/mol. The van der Waals surface area contributed by atoms with Crippen molar-refractivity contribution in [3.63, 3.8) is 0 Å². The first-order chi connectivity index (χ1) is 14.5. The van der Waals surface area contributed by atoms with Gasteiger partial charge in [-0.3, -0.25) is 9.59 Å². The third kappa shape index (κ3) is 5.74. The summed E-state index contributed by atoms with van der Waals surface area (Å²) in [7, 11) is 3.27. The minimum absolute atomic E-state index is 0.0743. The van der Waals surface area contributed by atoms with Gasteiger partial charge in [0.05, 0.1) is 25.0 Å². The minimum Gasteiger partial charge on any atom is -0.495 e. The molecule has 8 nitrogen and oxygen atoms in total. The van der Waals surface area contributed by atoms with Crippen molar-refractivity contribution in [1.29, 1.82) is 0 Å². The van der Waals surface area contributed by atoms with Crippen LogP contribution in [0, 0.1) is 0 Å². The Morgan fingerprint density at radius 3 is 2.60 bits per heavy atom. The second-order valence-corrected chi connectivity index (χ2v) is 7.61. The lowest BCUT2D eigenvalue weighted by Crippen LogP contribution is -2.17. The van der Waals surface area contributed by atoms with E-state index in [9.17, 15) is 9.59 Å². The van der Waals surface area contributed by atoms with E-state index >= 15 is 0 Å². The first kappa shape index (κ1) is 21.7. The molecule has 0 saturated carbocycles. The van der Waals surface area contributed by atoms with E-state index in [-0.39, 0.29) is 24.0 Å². The highest BCUT2D eigenvalue weighted by molar-refractivity contribution is 7.99. The van der Waals surface area contributed by atoms with Crippen LogP contribution >= 0.6 is 23.4 Å². The molecule has 0 spiro atoms. The van der Waals surface area contributed by atoms with E-state index < -0.39 is 0 Å². The Morgan fingerprint density at radius 2 is 1.87 bits per heavy atom. The molecular formula is C20H20ClN5O3S. The second kappa shape index (κ2) is 10.1. The Morgan fingerprint density at radius 1 is 1.10 bits per heavy atom. The maximum Gasteiger partial charge on any atom is 0.234 e. The molecule has 0 fully saturated rings. The van der Waals surface area contributed by atoms with Crippen LogP contribution in [0.5, 0.6) is 5.75 Å². The largest absolute Gasteiger partial charge is 0.495 e. The minimum atomic E-state index is -0.244. The van der Waals surface area contributed by atoms with Crippen molar-refractivity contribution >= 4 is 46.6 Å². The number of hydrogen-bond donors (Lipinski definition) is 2. The molecular weight excluding hydrogens is 426 g/mol. The molecule has 3 rings (SSSR count). The van der Waals surface area contributed by atoms with E-state index in [1.54, 1.807) is 29.8 Å². The van der Waals surface area contributed by atoms with Crippen LogP contribution in [0.15, 0.2) is 53.7 Å². The molecule has 156 valence electrons. The van der Waals surface area contributed by atoms with Gasteiger partial charge >= 0.3 is 0 Å². The summed E-state index contributed by atoms with van der Waals surface area (Å²) in [6.45, 7) is 0. The number of hydrogen-bond acceptors (Lipinski definition) is 6. The highest BCUT2D eigenvalue weighted by atomic mass is 35.5. The summed E-state index contributed by atoms with van der Waals surface area (Å²) in [6.07, 6.45) is 0.0743. The van der Waals surface area contributed by atoms with Crippen LogP contribution < -0.4 is 15.4 Å². The second-order valence-electron chi connectivity index (χ2n) is 6.23. The first-order valence-corrected chi connectivity index (χ1v) is 10.3. The Balaban J connectivity index is 1.55. The fourth-order valence-corrected chi connectivity index (χ4v) is 3.49. The molecule has 3 aromatic rings. The summed E-state index contributed by atoms with van der Waals surface area (Å²) in [4.78, 5) is 24.5. The van der Waals surface area contributed by atoms with E-state index in [4.69, 9.17) is 16.3 Å². The van der Waals surface area contributed by atoms with Crippen LogP contribution in [-0.4, -0.2) is 39.4 Å². The molecule has 0 aliphatic rings. The van der Waals surface area contributed by atoms with Gasteiger partial charge in [0.1, 0.15) is 11.6 Å². The van der Waals surface area contributed by atoms with E-state index in [0.717, 1.165) is 0 Å². The van der Waals surface area contributed by atoms with Crippen molar-refractivity contribution in [1.82, 2.24) is 14.8 Å². The number of anilines is 2. The maximum atomic E-state index is 12.3. The van der Waals surface area contributed by atoms with Crippen LogP contribution in [-0.2, 0) is 23.1 Å². The van der Waals surface area contributed by atoms with Gasteiger partial charge in [-0.05, 0) is 30.3 Å². The van der Waals surface area contributed by atoms with Gasteiger partial charge < -0.3 is 19.9 Å². The van der Waals surface area contributed by atoms with Gasteiger partial charge in [0.25, 0.3) is 0 Å². The third-order valence-corrected chi connectivity index (χ3v) is 5.32. The summed E-state index contributed by atoms with van der Waals surface area (Å²) >= 11 is 7.20. The highest BCUT2D eigenvalue weighted by Gasteiger charge is 2.15. The molecule has 0 bridgehead atoms. The summed E-state index contributed by atoms with van der Waals surface area (Å²) < 4.78 is 6.92. The summed E-state index contributed by atoms with van der Waals surface area (Å²) in [5, 5.41) is 14.7. The Labute approximate surface area is 183 Å². The number of carbonyl (C=O) groups excluding carboxylic acids is 2. The molecule has 0 unspecified atom stereocenters. The van der Waals surface area contributed by atoms with E-state index in [2.05, 4.69) is 20.8 Å². The zero-order chi connectivity index (χ0) is 21.5. The number of benzene rings is 2. The smallest absolute Gasteiger partial charge is 0.234 e. The average molecular weight is 446 g/mol. The molecule has 1 heterocycles. The number of aromatic nitrogens is 3. The van der Waals surface area contributed by atoms with Gasteiger partial charge in [0, 0.05) is 17.8 Å². The molecule has 0 saturated heterocycles. The van der Waals surface area contributed by atoms with Crippen LogP contribution in [0.1, 0.15) is 5.82 Å². The molecule has 2 amide bonds. The zero-order valence-corrected chi connectivity index (χ0v) is 18.0. The van der Waals surface area contributed by atoms with Crippen molar-refractivity contribution in [3.8, 4) is 5.75 Å². The molecule has 0 radical (unpaired) electrons. The Hall–Kier alpha value is -3.04. The lowest BCUT2D eigenvalue weighted by molar-refractivity contribution is -0.116. The number of para-hydroxylation sites is 1. The van der Waals surface area contributed by atoms with Gasteiger partial charge in [0.2, 0.25) is 11.8 Å². The molecule has 2 N–H and O–H groups in total. The van der Waals surface area contributed by atoms with Gasteiger partial charge in [-0.1, -0.05) is 41.6 Å². The summed E-state index contributed by atoms with van der Waals surface area (Å²) in [5.74, 6) is 0.689. The fraction of sp³-hybridized carbons (Fsp3) is 0.200. The number of methoxy groups -OCH3 is 1. The number of nitrogens with zero attached hydrogens (tertiary/aromatic N) is 3. The van der Waals surface area contributed by atoms with Gasteiger partial charge in [-0.2, -0.15) is 0 Å². The fourth-order valence-electron chi connectivity index (χ4n) is 2.59. The molecule has 2 aromatic carbocycles. The SMILES string of the molecule is COc1ccc(Cl)cc1NC(=O)CSc1nnc(CC(=O)Nc2ccccc2)n1C. The molecule has 0 aliphatic heterocycles. The number of carbonyl (C=O) groups is 2. The van der Waals surface area contributed by atoms with Crippen molar-refractivity contribution in [2.75, 3.05) is 23.5 Å². The highest BCUT2D eigenvalue weighted by Crippen LogP contribution is 2.28. The molecule has 30 heavy (non-hydrogen) atoms. The van der Waals surface area contributed by atoms with Crippen LogP contribution in [0.25, 0.3) is 0 Å². The number of ether oxygens (including phenoxy) is 1. The lowest BCUT2D eigenvalue weighted by atomic mass is 10.3. The van der Waals surface area contributed by atoms with E-state index in [0.29, 0.717) is 33.1 Å². The van der Waals surface area contributed by atoms with Crippen molar-refractivity contribution in [3.05, 3.63) is 59.4 Å². The first-order valence-electron chi connectivity index (χ1n) is 8.95. The van der Waals surface area contributed by atoms with Crippen LogP contribution in [0.4, 0.5) is 11.4 Å². The average Bonchev–Trinajstić information content (AvgIpc) is 3.06. The van der Waals surface area contributed by atoms with Gasteiger partial charge in [0.15, 0.2) is 5.16 Å². The van der Waals surface area contributed by atoms with Crippen LogP contribution in [0.3, 0.4) is 0 Å². The van der Waals surface area contributed by atoms with Crippen molar-refractivity contribution in [2.24, 2.45) is 7.05 Å². The zero-order valence-electron chi connectivity index (χ0n) is 16.4. The number of nitrogens with one attached hydrogen (secondary N) is 2. The van der Waals surface area contributed by atoms with E-state index in [1.165, 1.54) is 18.9 Å². The molecule has 0 aliphatic carbocycles. The maximum absolute atomic E-state index is 12.3. The topological polar surface area (TPSA) is 98.1 Å². The van der Waals surface area contributed by atoms with Gasteiger partial charge in [-0.15, -0.1) is 10.2 Å². The number of halogens is 1. The normalized spacial score (nSPS) is 10.5. The summed E-state index contributed by atoms with van der Waals surface area (Å²) in [6, 6.07) is 14.2. The standard InChI is InChI=1S/C20H20ClN5O3S/c1-26-17(11-18(27)22-14-6-4-3-5-7-14)24-25-20(26)30-12-19(28)23-15-10-13(21)8-9-16(15)29-2/h3-10H,11-12H2,1-2H3,(H,22,27)(H,23,28). The van der Waals surface area contributed by atoms with Crippen molar-refractivity contribution in [2.45, 2.75) is 11.6 Å². The molecule has 0 atom stereocenters. The molecule has 1 aromatic heterocycles. The predicted molar refractivity (Wildman–Crippen MR) is 117 cm³/mol. The lowest BCUT2D eigenvalue weighted by Gasteiger charge is -2.10. The Bertz CT molecular complexity index is 1040.